The maximum atomic E-state index is 4.93. The van der Waals surface area contributed by atoms with Crippen LogP contribution < -0.4 is 4.90 Å². The van der Waals surface area contributed by atoms with Crippen LogP contribution in [0.15, 0.2) is 137 Å². The van der Waals surface area contributed by atoms with Crippen LogP contribution in [0, 0.1) is 11.8 Å². The molecule has 2 unspecified atom stereocenters. The Kier molecular flexibility index (Phi) is 8.79. The lowest BCUT2D eigenvalue weighted by atomic mass is 9.88. The molecule has 2 nitrogen and oxygen atoms in total. The van der Waals surface area contributed by atoms with Gasteiger partial charge in [-0.15, -0.1) is 12.6 Å². The molecule has 2 atom stereocenters. The van der Waals surface area contributed by atoms with Gasteiger partial charge in [-0.05, 0) is 113 Å². The quantitative estimate of drug-likeness (QED) is 0.175. The molecule has 0 radical (unpaired) electrons. The van der Waals surface area contributed by atoms with Crippen molar-refractivity contribution in [1.82, 2.24) is 4.98 Å². The number of aromatic amines is 1. The minimum atomic E-state index is 0.512. The van der Waals surface area contributed by atoms with Gasteiger partial charge >= 0.3 is 0 Å². The number of allylic oxidation sites excluding steroid dienone is 5. The van der Waals surface area contributed by atoms with Crippen molar-refractivity contribution in [2.75, 3.05) is 4.90 Å². The summed E-state index contributed by atoms with van der Waals surface area (Å²) in [6.45, 7) is 9.42. The van der Waals surface area contributed by atoms with Gasteiger partial charge < -0.3 is 9.88 Å². The van der Waals surface area contributed by atoms with E-state index in [-0.39, 0.29) is 0 Å². The van der Waals surface area contributed by atoms with Crippen molar-refractivity contribution < 1.29 is 0 Å². The summed E-state index contributed by atoms with van der Waals surface area (Å²) in [6.07, 6.45) is 12.7. The number of rotatable bonds is 5. The fraction of sp³-hybridized carbons (Fsp3) is 0.234. The molecule has 0 bridgehead atoms. The van der Waals surface area contributed by atoms with Crippen molar-refractivity contribution >= 4 is 57.0 Å². The van der Waals surface area contributed by atoms with E-state index >= 15 is 0 Å². The average Bonchev–Trinajstić information content (AvgIpc) is 3.39. The predicted molar refractivity (Wildman–Crippen MR) is 221 cm³/mol. The number of nitrogens with one attached hydrogen (secondary N) is 1. The molecule has 2 heterocycles. The largest absolute Gasteiger partial charge is 0.354 e. The average molecular weight is 671 g/mol. The number of fused-ring (bicyclic) bond motifs is 5. The Morgan fingerprint density at radius 3 is 2.44 bits per heavy atom. The summed E-state index contributed by atoms with van der Waals surface area (Å²) in [5, 5.41) is 7.05. The van der Waals surface area contributed by atoms with Crippen molar-refractivity contribution in [3.05, 3.63) is 143 Å². The first kappa shape index (κ1) is 32.5. The standard InChI is InChI=1S/C47H46N2S/c1-5-31(3)37-20-11-14-30(2)24-44(37)49-45-28-36(33-16-7-6-8-17-33)26-41(38(45)21-12-15-32(4)46(49)29-50)39-22-13-23-40-42-25-34-18-9-10-19-35(34)27-43(42)48-47(39)40/h6-10,12-13,15-19,21-23,25-31,48,50H,5,11,14,20,24H2,1-4H3/b21-12-,32-15-,46-29-. The number of hydrogen-bond donors (Lipinski definition) is 2. The SMILES string of the molecule is CCC(C)C1=C(N2C(=C\S)/C(C)=C\C=C/c3c(-c4cccc5c4[nH]c4cc6ccccc6cc45)cc(-c4ccccc4)cc32)CC(C)CCC1. The highest BCUT2D eigenvalue weighted by Gasteiger charge is 2.30. The predicted octanol–water partition coefficient (Wildman–Crippen LogP) is 13.9. The van der Waals surface area contributed by atoms with E-state index in [4.69, 9.17) is 12.6 Å². The van der Waals surface area contributed by atoms with Crippen molar-refractivity contribution in [3.8, 4) is 22.3 Å². The first-order chi connectivity index (χ1) is 24.4. The van der Waals surface area contributed by atoms with E-state index < -0.39 is 0 Å². The van der Waals surface area contributed by atoms with Crippen LogP contribution in [0.4, 0.5) is 5.69 Å². The highest BCUT2D eigenvalue weighted by atomic mass is 32.1. The third kappa shape index (κ3) is 5.72. The Morgan fingerprint density at radius 2 is 1.66 bits per heavy atom. The summed E-state index contributed by atoms with van der Waals surface area (Å²) in [5.41, 5.74) is 15.1. The van der Waals surface area contributed by atoms with E-state index in [1.54, 1.807) is 5.57 Å². The fourth-order valence-electron chi connectivity index (χ4n) is 8.35. The van der Waals surface area contributed by atoms with Crippen LogP contribution in [0.25, 0.3) is 60.9 Å². The molecule has 0 amide bonds. The molecular formula is C47H46N2S. The van der Waals surface area contributed by atoms with Crippen LogP contribution in [0.5, 0.6) is 0 Å². The normalized spacial score (nSPS) is 20.0. The molecule has 1 aliphatic heterocycles. The molecule has 1 aromatic heterocycles. The van der Waals surface area contributed by atoms with Crippen molar-refractivity contribution in [2.45, 2.75) is 59.8 Å². The number of thiol groups is 1. The molecule has 2 aliphatic rings. The molecule has 50 heavy (non-hydrogen) atoms. The molecule has 0 saturated heterocycles. The van der Waals surface area contributed by atoms with Gasteiger partial charge in [0.2, 0.25) is 0 Å². The maximum absolute atomic E-state index is 4.93. The number of H-pyrrole nitrogens is 1. The Morgan fingerprint density at radius 1 is 0.880 bits per heavy atom. The molecule has 6 aromatic rings. The van der Waals surface area contributed by atoms with E-state index in [1.807, 2.05) is 5.41 Å². The Hall–Kier alpha value is -4.73. The minimum Gasteiger partial charge on any atom is -0.354 e. The second-order valence-electron chi connectivity index (χ2n) is 14.5. The molecule has 8 rings (SSSR count). The molecule has 0 spiro atoms. The molecular weight excluding hydrogens is 625 g/mol. The number of benzene rings is 5. The molecule has 0 fully saturated rings. The van der Waals surface area contributed by atoms with E-state index in [0.29, 0.717) is 11.8 Å². The molecule has 5 aromatic carbocycles. The van der Waals surface area contributed by atoms with Gasteiger partial charge in [0.25, 0.3) is 0 Å². The maximum Gasteiger partial charge on any atom is 0.0548 e. The second-order valence-corrected chi connectivity index (χ2v) is 14.7. The van der Waals surface area contributed by atoms with E-state index in [2.05, 4.69) is 153 Å². The van der Waals surface area contributed by atoms with Crippen molar-refractivity contribution in [2.24, 2.45) is 11.8 Å². The summed E-state index contributed by atoms with van der Waals surface area (Å²) in [7, 11) is 0. The van der Waals surface area contributed by atoms with Crippen LogP contribution >= 0.6 is 12.6 Å². The molecule has 1 N–H and O–H groups in total. The summed E-state index contributed by atoms with van der Waals surface area (Å²) < 4.78 is 0. The third-order valence-electron chi connectivity index (χ3n) is 11.2. The second kappa shape index (κ2) is 13.5. The monoisotopic (exact) mass is 670 g/mol. The Bertz CT molecular complexity index is 2370. The van der Waals surface area contributed by atoms with Crippen molar-refractivity contribution in [3.63, 3.8) is 0 Å². The van der Waals surface area contributed by atoms with E-state index in [0.717, 1.165) is 25.0 Å². The van der Waals surface area contributed by atoms with Gasteiger partial charge in [-0.3, -0.25) is 0 Å². The first-order valence-electron chi connectivity index (χ1n) is 18.3. The van der Waals surface area contributed by atoms with E-state index in [1.165, 1.54) is 90.2 Å². The fourth-order valence-corrected chi connectivity index (χ4v) is 8.67. The summed E-state index contributed by atoms with van der Waals surface area (Å²) in [5.74, 6) is 1.12. The van der Waals surface area contributed by atoms with Crippen LogP contribution in [-0.2, 0) is 0 Å². The summed E-state index contributed by atoms with van der Waals surface area (Å²) in [4.78, 5) is 6.50. The number of anilines is 1. The summed E-state index contributed by atoms with van der Waals surface area (Å²) in [6, 6.07) is 35.8. The van der Waals surface area contributed by atoms with Gasteiger partial charge in [-0.25, -0.2) is 0 Å². The number of para-hydroxylation sites is 1. The molecule has 250 valence electrons. The zero-order chi connectivity index (χ0) is 34.4. The minimum absolute atomic E-state index is 0.512. The lowest BCUT2D eigenvalue weighted by Gasteiger charge is -2.36. The number of hydrogen-bond acceptors (Lipinski definition) is 2. The zero-order valence-corrected chi connectivity index (χ0v) is 30.5. The number of nitrogens with zero attached hydrogens (tertiary/aromatic N) is 1. The van der Waals surface area contributed by atoms with Gasteiger partial charge in [0.05, 0.1) is 16.9 Å². The van der Waals surface area contributed by atoms with Gasteiger partial charge in [0.15, 0.2) is 0 Å². The van der Waals surface area contributed by atoms with Gasteiger partial charge in [-0.1, -0.05) is 118 Å². The lowest BCUT2D eigenvalue weighted by molar-refractivity contribution is 0.519. The van der Waals surface area contributed by atoms with Crippen molar-refractivity contribution in [1.29, 1.82) is 0 Å². The van der Waals surface area contributed by atoms with Gasteiger partial charge in [-0.2, -0.15) is 0 Å². The van der Waals surface area contributed by atoms with Crippen LogP contribution in [0.2, 0.25) is 0 Å². The van der Waals surface area contributed by atoms with E-state index in [9.17, 15) is 0 Å². The lowest BCUT2D eigenvalue weighted by Crippen LogP contribution is -2.27. The molecule has 1 aliphatic carbocycles. The third-order valence-corrected chi connectivity index (χ3v) is 11.5. The number of aromatic nitrogens is 1. The van der Waals surface area contributed by atoms with Crippen LogP contribution in [0.1, 0.15) is 65.4 Å². The highest BCUT2D eigenvalue weighted by molar-refractivity contribution is 7.83. The van der Waals surface area contributed by atoms with Crippen LogP contribution in [-0.4, -0.2) is 4.98 Å². The smallest absolute Gasteiger partial charge is 0.0548 e. The molecule has 3 heteroatoms. The first-order valence-corrected chi connectivity index (χ1v) is 18.9. The molecule has 0 saturated carbocycles. The van der Waals surface area contributed by atoms with Gasteiger partial charge in [0.1, 0.15) is 0 Å². The Labute approximate surface area is 302 Å². The van der Waals surface area contributed by atoms with Crippen LogP contribution in [0.3, 0.4) is 0 Å². The summed E-state index contributed by atoms with van der Waals surface area (Å²) >= 11 is 4.93. The highest BCUT2D eigenvalue weighted by Crippen LogP contribution is 2.47. The van der Waals surface area contributed by atoms with Gasteiger partial charge in [0, 0.05) is 33.1 Å². The topological polar surface area (TPSA) is 19.0 Å². The Balaban J connectivity index is 1.47. The zero-order valence-electron chi connectivity index (χ0n) is 29.6.